The SMILES string of the molecule is CC1(C)NC(=O)N(CCn2ccc(=O)c3sccc32)C1=O. The van der Waals surface area contributed by atoms with Gasteiger partial charge in [-0.05, 0) is 25.3 Å². The van der Waals surface area contributed by atoms with E-state index >= 15 is 0 Å². The number of imide groups is 1. The second kappa shape index (κ2) is 4.70. The van der Waals surface area contributed by atoms with Crippen LogP contribution in [0.3, 0.4) is 0 Å². The maximum absolute atomic E-state index is 12.1. The maximum atomic E-state index is 12.1. The van der Waals surface area contributed by atoms with Gasteiger partial charge in [-0.2, -0.15) is 0 Å². The lowest BCUT2D eigenvalue weighted by atomic mass is 10.1. The smallest absolute Gasteiger partial charge is 0.325 e. The van der Waals surface area contributed by atoms with E-state index in [2.05, 4.69) is 5.32 Å². The summed E-state index contributed by atoms with van der Waals surface area (Å²) in [6.45, 7) is 4.11. The number of thiophene rings is 1. The van der Waals surface area contributed by atoms with Crippen LogP contribution in [0.4, 0.5) is 4.79 Å². The molecule has 7 heteroatoms. The first-order chi connectivity index (χ1) is 9.90. The fraction of sp³-hybridized carbons (Fsp3) is 0.357. The van der Waals surface area contributed by atoms with Gasteiger partial charge in [0.15, 0.2) is 5.43 Å². The Kier molecular flexibility index (Phi) is 3.09. The van der Waals surface area contributed by atoms with Crippen LogP contribution in [-0.2, 0) is 11.3 Å². The van der Waals surface area contributed by atoms with Crippen molar-refractivity contribution in [2.45, 2.75) is 25.9 Å². The highest BCUT2D eigenvalue weighted by Gasteiger charge is 2.43. The van der Waals surface area contributed by atoms with Crippen LogP contribution in [0, 0.1) is 0 Å². The van der Waals surface area contributed by atoms with Gasteiger partial charge in [0, 0.05) is 25.4 Å². The van der Waals surface area contributed by atoms with Gasteiger partial charge in [0.2, 0.25) is 0 Å². The lowest BCUT2D eigenvalue weighted by molar-refractivity contribution is -0.130. The van der Waals surface area contributed by atoms with Crippen LogP contribution < -0.4 is 10.7 Å². The number of hydrogen-bond donors (Lipinski definition) is 1. The monoisotopic (exact) mass is 305 g/mol. The molecule has 3 rings (SSSR count). The molecule has 2 aromatic heterocycles. The van der Waals surface area contributed by atoms with Gasteiger partial charge in [-0.15, -0.1) is 11.3 Å². The lowest BCUT2D eigenvalue weighted by Crippen LogP contribution is -2.40. The highest BCUT2D eigenvalue weighted by Crippen LogP contribution is 2.19. The zero-order valence-corrected chi connectivity index (χ0v) is 12.6. The van der Waals surface area contributed by atoms with Crippen LogP contribution in [0.5, 0.6) is 0 Å². The first-order valence-electron chi connectivity index (χ1n) is 6.61. The average molecular weight is 305 g/mol. The molecule has 0 bridgehead atoms. The Balaban J connectivity index is 1.83. The molecule has 2 aromatic rings. The predicted molar refractivity (Wildman–Crippen MR) is 80.4 cm³/mol. The van der Waals surface area contributed by atoms with Crippen LogP contribution in [0.25, 0.3) is 10.2 Å². The summed E-state index contributed by atoms with van der Waals surface area (Å²) in [5.41, 5.74) is -0.0237. The summed E-state index contributed by atoms with van der Waals surface area (Å²) >= 11 is 1.39. The first kappa shape index (κ1) is 13.8. The van der Waals surface area contributed by atoms with Crippen molar-refractivity contribution in [2.75, 3.05) is 6.54 Å². The molecular formula is C14H15N3O3S. The molecule has 6 nitrogen and oxygen atoms in total. The Bertz CT molecular complexity index is 790. The molecule has 0 aliphatic carbocycles. The average Bonchev–Trinajstić information content (AvgIpc) is 2.96. The molecule has 110 valence electrons. The van der Waals surface area contributed by atoms with E-state index in [0.29, 0.717) is 11.2 Å². The van der Waals surface area contributed by atoms with E-state index in [4.69, 9.17) is 0 Å². The normalized spacial score (nSPS) is 17.5. The molecule has 0 unspecified atom stereocenters. The fourth-order valence-corrected chi connectivity index (χ4v) is 3.27. The molecule has 1 fully saturated rings. The first-order valence-corrected chi connectivity index (χ1v) is 7.49. The number of hydrogen-bond acceptors (Lipinski definition) is 4. The highest BCUT2D eigenvalue weighted by molar-refractivity contribution is 7.17. The van der Waals surface area contributed by atoms with E-state index in [1.54, 1.807) is 20.0 Å². The Morgan fingerprint density at radius 2 is 1.95 bits per heavy atom. The number of aromatic nitrogens is 1. The minimum absolute atomic E-state index is 0.00706. The topological polar surface area (TPSA) is 71.4 Å². The molecule has 21 heavy (non-hydrogen) atoms. The Morgan fingerprint density at radius 1 is 1.19 bits per heavy atom. The number of rotatable bonds is 3. The van der Waals surface area contributed by atoms with Gasteiger partial charge in [0.1, 0.15) is 5.54 Å². The predicted octanol–water partition coefficient (Wildman–Crippen LogP) is 1.39. The zero-order valence-electron chi connectivity index (χ0n) is 11.8. The van der Waals surface area contributed by atoms with Gasteiger partial charge in [0.05, 0.1) is 10.2 Å². The van der Waals surface area contributed by atoms with E-state index in [1.807, 2.05) is 16.0 Å². The summed E-state index contributed by atoms with van der Waals surface area (Å²) < 4.78 is 2.58. The van der Waals surface area contributed by atoms with E-state index in [0.717, 1.165) is 5.52 Å². The van der Waals surface area contributed by atoms with Crippen molar-refractivity contribution in [1.29, 1.82) is 0 Å². The number of urea groups is 1. The van der Waals surface area contributed by atoms with Gasteiger partial charge in [-0.25, -0.2) is 4.79 Å². The van der Waals surface area contributed by atoms with Crippen molar-refractivity contribution in [2.24, 2.45) is 0 Å². The molecule has 3 amide bonds. The zero-order chi connectivity index (χ0) is 15.2. The second-order valence-electron chi connectivity index (χ2n) is 5.52. The molecule has 1 N–H and O–H groups in total. The van der Waals surface area contributed by atoms with E-state index in [1.165, 1.54) is 22.3 Å². The summed E-state index contributed by atoms with van der Waals surface area (Å²) in [6, 6.07) is 3.01. The van der Waals surface area contributed by atoms with Crippen molar-refractivity contribution >= 4 is 33.5 Å². The molecular weight excluding hydrogens is 290 g/mol. The van der Waals surface area contributed by atoms with Gasteiger partial charge < -0.3 is 9.88 Å². The summed E-state index contributed by atoms with van der Waals surface area (Å²) in [6.07, 6.45) is 1.70. The number of fused-ring (bicyclic) bond motifs is 1. The molecule has 0 atom stereocenters. The number of pyridine rings is 1. The molecule has 1 saturated heterocycles. The minimum atomic E-state index is -0.849. The molecule has 0 radical (unpaired) electrons. The van der Waals surface area contributed by atoms with Crippen LogP contribution in [-0.4, -0.2) is 33.5 Å². The van der Waals surface area contributed by atoms with E-state index < -0.39 is 5.54 Å². The molecule has 0 saturated carbocycles. The van der Waals surface area contributed by atoms with Crippen molar-refractivity contribution in [3.63, 3.8) is 0 Å². The van der Waals surface area contributed by atoms with Gasteiger partial charge in [0.25, 0.3) is 5.91 Å². The number of amides is 3. The van der Waals surface area contributed by atoms with Crippen LogP contribution in [0.1, 0.15) is 13.8 Å². The summed E-state index contributed by atoms with van der Waals surface area (Å²) in [4.78, 5) is 36.9. The Hall–Kier alpha value is -2.15. The molecule has 1 aliphatic heterocycles. The van der Waals surface area contributed by atoms with Crippen LogP contribution >= 0.6 is 11.3 Å². The minimum Gasteiger partial charge on any atom is -0.345 e. The molecule has 1 aliphatic rings. The van der Waals surface area contributed by atoms with Gasteiger partial charge >= 0.3 is 6.03 Å². The third-order valence-corrected chi connectivity index (χ3v) is 4.51. The summed E-state index contributed by atoms with van der Waals surface area (Å²) in [5.74, 6) is -0.227. The Labute approximate surface area is 125 Å². The van der Waals surface area contributed by atoms with E-state index in [9.17, 15) is 14.4 Å². The fourth-order valence-electron chi connectivity index (χ4n) is 2.45. The standard InChI is InChI=1S/C14H15N3O3S/c1-14(2)12(19)17(13(20)15-14)7-6-16-5-3-10(18)11-9(16)4-8-21-11/h3-5,8H,6-7H2,1-2H3,(H,15,20). The summed E-state index contributed by atoms with van der Waals surface area (Å²) in [5, 5.41) is 4.51. The number of nitrogens with zero attached hydrogens (tertiary/aromatic N) is 2. The third kappa shape index (κ3) is 2.23. The molecule has 0 spiro atoms. The largest absolute Gasteiger partial charge is 0.345 e. The number of carbonyl (C=O) groups excluding carboxylic acids is 2. The highest BCUT2D eigenvalue weighted by atomic mass is 32.1. The van der Waals surface area contributed by atoms with Crippen molar-refractivity contribution in [1.82, 2.24) is 14.8 Å². The van der Waals surface area contributed by atoms with Crippen molar-refractivity contribution in [3.05, 3.63) is 33.9 Å². The van der Waals surface area contributed by atoms with Gasteiger partial charge in [-0.1, -0.05) is 0 Å². The van der Waals surface area contributed by atoms with Crippen molar-refractivity contribution < 1.29 is 9.59 Å². The molecule has 3 heterocycles. The maximum Gasteiger partial charge on any atom is 0.325 e. The van der Waals surface area contributed by atoms with Crippen molar-refractivity contribution in [3.8, 4) is 0 Å². The lowest BCUT2D eigenvalue weighted by Gasteiger charge is -2.17. The second-order valence-corrected chi connectivity index (χ2v) is 6.44. The third-order valence-electron chi connectivity index (χ3n) is 3.59. The number of carbonyl (C=O) groups is 2. The summed E-state index contributed by atoms with van der Waals surface area (Å²) in [7, 11) is 0. The van der Waals surface area contributed by atoms with Crippen LogP contribution in [0.15, 0.2) is 28.5 Å². The Morgan fingerprint density at radius 3 is 2.62 bits per heavy atom. The van der Waals surface area contributed by atoms with Crippen LogP contribution in [0.2, 0.25) is 0 Å². The van der Waals surface area contributed by atoms with Gasteiger partial charge in [-0.3, -0.25) is 14.5 Å². The quantitative estimate of drug-likeness (QED) is 0.871. The molecule has 0 aromatic carbocycles. The number of nitrogens with one attached hydrogen (secondary N) is 1. The van der Waals surface area contributed by atoms with E-state index in [-0.39, 0.29) is 23.9 Å².